The first-order chi connectivity index (χ1) is 14.0. The number of esters is 1. The number of ether oxygens (including phenoxy) is 2. The van der Waals surface area contributed by atoms with Crippen LogP contribution in [0.4, 0.5) is 5.69 Å². The Labute approximate surface area is 170 Å². The molecule has 0 unspecified atom stereocenters. The smallest absolute Gasteiger partial charge is 0.344 e. The summed E-state index contributed by atoms with van der Waals surface area (Å²) in [7, 11) is 0. The Morgan fingerprint density at radius 3 is 2.48 bits per heavy atom. The summed E-state index contributed by atoms with van der Waals surface area (Å²) in [4.78, 5) is 35.6. The maximum absolute atomic E-state index is 12.2. The van der Waals surface area contributed by atoms with Gasteiger partial charge in [-0.3, -0.25) is 9.59 Å². The number of carbonyl (C=O) groups is 3. The summed E-state index contributed by atoms with van der Waals surface area (Å²) in [6.45, 7) is 1.34. The summed E-state index contributed by atoms with van der Waals surface area (Å²) in [6, 6.07) is 12.3. The first-order valence-corrected chi connectivity index (χ1v) is 9.88. The highest BCUT2D eigenvalue weighted by Crippen LogP contribution is 2.26. The highest BCUT2D eigenvalue weighted by molar-refractivity contribution is 5.98. The third kappa shape index (κ3) is 5.91. The Morgan fingerprint density at radius 1 is 0.966 bits per heavy atom. The fourth-order valence-electron chi connectivity index (χ4n) is 3.24. The molecule has 0 aromatic heterocycles. The molecule has 0 atom stereocenters. The Morgan fingerprint density at radius 2 is 1.72 bits per heavy atom. The van der Waals surface area contributed by atoms with Crippen LogP contribution < -0.4 is 10.1 Å². The summed E-state index contributed by atoms with van der Waals surface area (Å²) in [6.07, 6.45) is 4.49. The first kappa shape index (κ1) is 20.6. The number of hydrogen-bond acceptors (Lipinski definition) is 5. The second-order valence-electron chi connectivity index (χ2n) is 7.03. The van der Waals surface area contributed by atoms with Gasteiger partial charge in [0.1, 0.15) is 5.75 Å². The monoisotopic (exact) mass is 395 g/mol. The van der Waals surface area contributed by atoms with Crippen molar-refractivity contribution >= 4 is 23.3 Å². The van der Waals surface area contributed by atoms with Gasteiger partial charge in [0.25, 0.3) is 0 Å². The van der Waals surface area contributed by atoms with Crippen LogP contribution in [-0.4, -0.2) is 30.9 Å². The molecule has 2 aromatic carbocycles. The van der Waals surface area contributed by atoms with Crippen molar-refractivity contribution in [2.24, 2.45) is 0 Å². The Kier molecular flexibility index (Phi) is 7.00. The summed E-state index contributed by atoms with van der Waals surface area (Å²) in [5.41, 5.74) is 3.63. The Hall–Kier alpha value is -3.15. The molecule has 1 N–H and O–H groups in total. The van der Waals surface area contributed by atoms with Crippen molar-refractivity contribution in [3.05, 3.63) is 59.2 Å². The van der Waals surface area contributed by atoms with E-state index in [2.05, 4.69) is 5.32 Å². The van der Waals surface area contributed by atoms with E-state index in [1.54, 1.807) is 24.3 Å². The van der Waals surface area contributed by atoms with Crippen LogP contribution >= 0.6 is 0 Å². The number of aryl methyl sites for hydroxylation is 2. The molecule has 0 aliphatic heterocycles. The van der Waals surface area contributed by atoms with Gasteiger partial charge in [-0.05, 0) is 73.2 Å². The van der Waals surface area contributed by atoms with Crippen molar-refractivity contribution in [2.75, 3.05) is 18.5 Å². The van der Waals surface area contributed by atoms with Crippen LogP contribution in [0, 0.1) is 0 Å². The quantitative estimate of drug-likeness (QED) is 0.517. The molecule has 6 nitrogen and oxygen atoms in total. The van der Waals surface area contributed by atoms with E-state index >= 15 is 0 Å². The molecular weight excluding hydrogens is 370 g/mol. The fraction of sp³-hybridized carbons (Fsp3) is 0.348. The number of carbonyl (C=O) groups excluding carboxylic acids is 3. The average molecular weight is 395 g/mol. The van der Waals surface area contributed by atoms with Crippen molar-refractivity contribution in [2.45, 2.75) is 39.0 Å². The molecule has 6 heteroatoms. The standard InChI is InChI=1S/C23H25NO5/c1-2-4-22(26)24-19-10-7-17(8-11-19)21(25)14-29-23(27)15-28-20-12-9-16-5-3-6-18(16)13-20/h7-13H,2-6,14-15H2,1H3,(H,24,26). The van der Waals surface area contributed by atoms with Gasteiger partial charge in [0, 0.05) is 17.7 Å². The highest BCUT2D eigenvalue weighted by atomic mass is 16.6. The number of hydrogen-bond donors (Lipinski definition) is 1. The molecular formula is C23H25NO5. The number of fused-ring (bicyclic) bond motifs is 1. The molecule has 0 saturated heterocycles. The minimum atomic E-state index is -0.595. The lowest BCUT2D eigenvalue weighted by atomic mass is 10.1. The number of rotatable bonds is 9. The van der Waals surface area contributed by atoms with E-state index in [0.29, 0.717) is 23.4 Å². The minimum absolute atomic E-state index is 0.0659. The lowest BCUT2D eigenvalue weighted by Crippen LogP contribution is -2.19. The maximum atomic E-state index is 12.2. The molecule has 29 heavy (non-hydrogen) atoms. The first-order valence-electron chi connectivity index (χ1n) is 9.88. The zero-order valence-electron chi connectivity index (χ0n) is 16.5. The number of benzene rings is 2. The van der Waals surface area contributed by atoms with Gasteiger partial charge in [-0.1, -0.05) is 13.0 Å². The number of amides is 1. The molecule has 0 spiro atoms. The SMILES string of the molecule is CCCC(=O)Nc1ccc(C(=O)COC(=O)COc2ccc3c(c2)CCC3)cc1. The number of anilines is 1. The van der Waals surface area contributed by atoms with Crippen LogP contribution in [0.1, 0.15) is 47.7 Å². The van der Waals surface area contributed by atoms with Gasteiger partial charge in [-0.2, -0.15) is 0 Å². The van der Waals surface area contributed by atoms with Crippen LogP contribution in [0.5, 0.6) is 5.75 Å². The summed E-state index contributed by atoms with van der Waals surface area (Å²) < 4.78 is 10.5. The van der Waals surface area contributed by atoms with Crippen molar-refractivity contribution in [1.82, 2.24) is 0 Å². The van der Waals surface area contributed by atoms with E-state index in [4.69, 9.17) is 9.47 Å². The van der Waals surface area contributed by atoms with Crippen LogP contribution in [0.3, 0.4) is 0 Å². The molecule has 1 aliphatic rings. The lowest BCUT2D eigenvalue weighted by Gasteiger charge is -2.09. The number of Topliss-reactive ketones (excluding diaryl/α,β-unsaturated/α-hetero) is 1. The van der Waals surface area contributed by atoms with Crippen molar-refractivity contribution < 1.29 is 23.9 Å². The van der Waals surface area contributed by atoms with Gasteiger partial charge in [0.15, 0.2) is 19.0 Å². The van der Waals surface area contributed by atoms with Crippen LogP contribution in [0.25, 0.3) is 0 Å². The molecule has 0 bridgehead atoms. The van der Waals surface area contributed by atoms with Crippen LogP contribution in [0.15, 0.2) is 42.5 Å². The van der Waals surface area contributed by atoms with Gasteiger partial charge >= 0.3 is 5.97 Å². The average Bonchev–Trinajstić information content (AvgIpc) is 3.19. The maximum Gasteiger partial charge on any atom is 0.344 e. The van der Waals surface area contributed by atoms with Crippen LogP contribution in [-0.2, 0) is 27.2 Å². The third-order valence-electron chi connectivity index (χ3n) is 4.76. The summed E-state index contributed by atoms with van der Waals surface area (Å²) in [5, 5.41) is 2.75. The second-order valence-corrected chi connectivity index (χ2v) is 7.03. The van der Waals surface area contributed by atoms with Gasteiger partial charge in [-0.15, -0.1) is 0 Å². The van der Waals surface area contributed by atoms with Crippen molar-refractivity contribution in [3.63, 3.8) is 0 Å². The zero-order chi connectivity index (χ0) is 20.6. The normalized spacial score (nSPS) is 12.2. The van der Waals surface area contributed by atoms with E-state index in [0.717, 1.165) is 25.7 Å². The molecule has 3 rings (SSSR count). The van der Waals surface area contributed by atoms with Crippen molar-refractivity contribution in [3.8, 4) is 5.75 Å². The minimum Gasteiger partial charge on any atom is -0.482 e. The third-order valence-corrected chi connectivity index (χ3v) is 4.76. The Bertz CT molecular complexity index is 889. The zero-order valence-corrected chi connectivity index (χ0v) is 16.5. The Balaban J connectivity index is 1.42. The second kappa shape index (κ2) is 9.87. The van der Waals surface area contributed by atoms with E-state index in [1.165, 1.54) is 11.1 Å². The molecule has 0 radical (unpaired) electrons. The van der Waals surface area contributed by atoms with Gasteiger partial charge in [-0.25, -0.2) is 4.79 Å². The molecule has 0 heterocycles. The molecule has 0 saturated carbocycles. The summed E-state index contributed by atoms with van der Waals surface area (Å²) >= 11 is 0. The predicted octanol–water partition coefficient (Wildman–Crippen LogP) is 3.72. The number of nitrogens with one attached hydrogen (secondary N) is 1. The lowest BCUT2D eigenvalue weighted by molar-refractivity contribution is -0.144. The summed E-state index contributed by atoms with van der Waals surface area (Å²) in [5.74, 6) is -0.344. The molecule has 2 aromatic rings. The molecule has 152 valence electrons. The topological polar surface area (TPSA) is 81.7 Å². The van der Waals surface area contributed by atoms with Gasteiger partial charge in [0.05, 0.1) is 0 Å². The van der Waals surface area contributed by atoms with Gasteiger partial charge in [0.2, 0.25) is 5.91 Å². The van der Waals surface area contributed by atoms with Gasteiger partial charge < -0.3 is 14.8 Å². The molecule has 1 amide bonds. The van der Waals surface area contributed by atoms with Crippen LogP contribution in [0.2, 0.25) is 0 Å². The molecule has 1 aliphatic carbocycles. The number of ketones is 1. The van der Waals surface area contributed by atoms with E-state index in [1.807, 2.05) is 25.1 Å². The van der Waals surface area contributed by atoms with E-state index < -0.39 is 5.97 Å². The van der Waals surface area contributed by atoms with E-state index in [-0.39, 0.29) is 24.9 Å². The largest absolute Gasteiger partial charge is 0.482 e. The predicted molar refractivity (Wildman–Crippen MR) is 109 cm³/mol. The molecule has 0 fully saturated rings. The van der Waals surface area contributed by atoms with E-state index in [9.17, 15) is 14.4 Å². The highest BCUT2D eigenvalue weighted by Gasteiger charge is 2.14. The fourth-order valence-corrected chi connectivity index (χ4v) is 3.24. The van der Waals surface area contributed by atoms with Crippen molar-refractivity contribution in [1.29, 1.82) is 0 Å².